The maximum atomic E-state index is 13.1. The summed E-state index contributed by atoms with van der Waals surface area (Å²) in [5.74, 6) is 0.236. The molecule has 2 aliphatic rings. The Balaban J connectivity index is 0.00000306. The van der Waals surface area contributed by atoms with Crippen LogP contribution in [0.3, 0.4) is 0 Å². The second-order valence-electron chi connectivity index (χ2n) is 10.0. The zero-order valence-electron chi connectivity index (χ0n) is 20.9. The summed E-state index contributed by atoms with van der Waals surface area (Å²) in [6.45, 7) is 13.7. The molecule has 1 aliphatic heterocycles. The first-order valence-electron chi connectivity index (χ1n) is 12.6. The number of rotatable bonds is 9. The third-order valence-electron chi connectivity index (χ3n) is 7.19. The number of ether oxygens (including phenoxy) is 2. The van der Waals surface area contributed by atoms with Gasteiger partial charge in [-0.1, -0.05) is 26.0 Å². The number of halogens is 1. The third kappa shape index (κ3) is 5.33. The molecule has 0 radical (unpaired) electrons. The van der Waals surface area contributed by atoms with E-state index in [2.05, 4.69) is 61.6 Å². The summed E-state index contributed by atoms with van der Waals surface area (Å²) >= 11 is 0. The highest BCUT2D eigenvalue weighted by molar-refractivity contribution is 8.93. The van der Waals surface area contributed by atoms with Crippen molar-refractivity contribution < 1.29 is 14.3 Å². The van der Waals surface area contributed by atoms with Crippen LogP contribution in [0.4, 0.5) is 0 Å². The monoisotopic (exact) mass is 520 g/mol. The molecule has 5 nitrogen and oxygen atoms in total. The Morgan fingerprint density at radius 2 is 1.97 bits per heavy atom. The van der Waals surface area contributed by atoms with Crippen molar-refractivity contribution >= 4 is 33.9 Å². The van der Waals surface area contributed by atoms with Gasteiger partial charge in [0.25, 0.3) is 0 Å². The summed E-state index contributed by atoms with van der Waals surface area (Å²) in [5.41, 5.74) is 4.22. The smallest absolute Gasteiger partial charge is 0.310 e. The van der Waals surface area contributed by atoms with E-state index in [9.17, 15) is 4.79 Å². The normalized spacial score (nSPS) is 23.3. The summed E-state index contributed by atoms with van der Waals surface area (Å²) < 4.78 is 13.8. The first-order chi connectivity index (χ1) is 15.4. The Bertz CT molecular complexity index is 941. The Labute approximate surface area is 209 Å². The molecule has 0 amide bonds. The fraction of sp³-hybridized carbons (Fsp3) is 0.667. The minimum Gasteiger partial charge on any atom is -0.463 e. The van der Waals surface area contributed by atoms with Gasteiger partial charge in [-0.15, -0.1) is 17.0 Å². The van der Waals surface area contributed by atoms with E-state index in [4.69, 9.17) is 9.47 Å². The molecule has 1 fully saturated rings. The van der Waals surface area contributed by atoms with Crippen molar-refractivity contribution in [3.63, 3.8) is 0 Å². The zero-order valence-corrected chi connectivity index (χ0v) is 22.6. The van der Waals surface area contributed by atoms with E-state index in [0.717, 1.165) is 38.8 Å². The number of carbonyl (C=O) groups is 1. The summed E-state index contributed by atoms with van der Waals surface area (Å²) in [7, 11) is 0. The number of hydrogen-bond donors (Lipinski definition) is 0. The van der Waals surface area contributed by atoms with E-state index in [1.165, 1.54) is 22.0 Å². The molecular formula is C27H41BrN2O3. The highest BCUT2D eigenvalue weighted by atomic mass is 79.9. The van der Waals surface area contributed by atoms with Crippen molar-refractivity contribution in [3.05, 3.63) is 35.5 Å². The number of hydrogen-bond acceptors (Lipinski definition) is 4. The van der Waals surface area contributed by atoms with Crippen molar-refractivity contribution in [2.75, 3.05) is 26.3 Å². The lowest BCUT2D eigenvalue weighted by Gasteiger charge is -2.46. The maximum absolute atomic E-state index is 13.1. The Morgan fingerprint density at radius 3 is 2.67 bits per heavy atom. The van der Waals surface area contributed by atoms with Gasteiger partial charge in [-0.2, -0.15) is 0 Å². The van der Waals surface area contributed by atoms with Crippen molar-refractivity contribution in [2.45, 2.75) is 84.4 Å². The number of piperidine rings is 1. The predicted molar refractivity (Wildman–Crippen MR) is 140 cm³/mol. The number of likely N-dealkylation sites (tertiary alicyclic amines) is 1. The fourth-order valence-electron chi connectivity index (χ4n) is 5.76. The lowest BCUT2D eigenvalue weighted by atomic mass is 9.72. The maximum Gasteiger partial charge on any atom is 0.310 e. The van der Waals surface area contributed by atoms with E-state index < -0.39 is 0 Å². The molecule has 1 saturated heterocycles. The van der Waals surface area contributed by atoms with Gasteiger partial charge < -0.3 is 14.0 Å². The molecule has 0 saturated carbocycles. The van der Waals surface area contributed by atoms with Crippen LogP contribution < -0.4 is 0 Å². The number of benzene rings is 1. The molecular weight excluding hydrogens is 480 g/mol. The van der Waals surface area contributed by atoms with Gasteiger partial charge in [0.15, 0.2) is 0 Å². The molecule has 33 heavy (non-hydrogen) atoms. The van der Waals surface area contributed by atoms with E-state index in [-0.39, 0.29) is 35.0 Å². The van der Waals surface area contributed by atoms with Gasteiger partial charge in [-0.3, -0.25) is 9.69 Å². The van der Waals surface area contributed by atoms with Crippen molar-refractivity contribution in [3.8, 4) is 0 Å². The number of carbonyl (C=O) groups excluding carboxylic acids is 1. The van der Waals surface area contributed by atoms with Gasteiger partial charge in [0, 0.05) is 48.3 Å². The average Bonchev–Trinajstić information content (AvgIpc) is 3.16. The Kier molecular flexibility index (Phi) is 9.04. The Hall–Kier alpha value is -1.37. The van der Waals surface area contributed by atoms with Crippen molar-refractivity contribution in [1.29, 1.82) is 0 Å². The van der Waals surface area contributed by atoms with Crippen LogP contribution in [0.5, 0.6) is 0 Å². The fourth-order valence-corrected chi connectivity index (χ4v) is 5.76. The minimum absolute atomic E-state index is 0. The molecule has 1 unspecified atom stereocenters. The molecule has 1 aromatic heterocycles. The van der Waals surface area contributed by atoms with Crippen LogP contribution >= 0.6 is 17.0 Å². The second-order valence-corrected chi connectivity index (χ2v) is 10.0. The van der Waals surface area contributed by atoms with Gasteiger partial charge in [0.2, 0.25) is 0 Å². The minimum atomic E-state index is -0.0786. The lowest BCUT2D eigenvalue weighted by Crippen LogP contribution is -2.52. The summed E-state index contributed by atoms with van der Waals surface area (Å²) in [4.78, 5) is 15.6. The van der Waals surface area contributed by atoms with Crippen LogP contribution in [0.1, 0.15) is 77.0 Å². The molecule has 2 aromatic rings. The molecule has 0 bridgehead atoms. The molecule has 1 aliphatic carbocycles. The first-order valence-corrected chi connectivity index (χ1v) is 12.6. The molecule has 6 heteroatoms. The van der Waals surface area contributed by atoms with Crippen molar-refractivity contribution in [2.24, 2.45) is 5.92 Å². The molecule has 4 atom stereocenters. The van der Waals surface area contributed by atoms with Gasteiger partial charge in [-0.25, -0.2) is 0 Å². The van der Waals surface area contributed by atoms with Crippen LogP contribution in [0.2, 0.25) is 0 Å². The molecule has 0 spiro atoms. The highest BCUT2D eigenvalue weighted by Crippen LogP contribution is 2.46. The van der Waals surface area contributed by atoms with Crippen molar-refractivity contribution in [1.82, 2.24) is 9.47 Å². The van der Waals surface area contributed by atoms with Gasteiger partial charge in [-0.05, 0) is 70.2 Å². The van der Waals surface area contributed by atoms with Gasteiger partial charge in [0.1, 0.15) is 6.61 Å². The van der Waals surface area contributed by atoms with Gasteiger partial charge in [0.05, 0.1) is 12.0 Å². The van der Waals surface area contributed by atoms with Crippen LogP contribution in [0.25, 0.3) is 10.9 Å². The van der Waals surface area contributed by atoms with Gasteiger partial charge >= 0.3 is 5.97 Å². The highest BCUT2D eigenvalue weighted by Gasteiger charge is 2.43. The largest absolute Gasteiger partial charge is 0.463 e. The second kappa shape index (κ2) is 11.4. The van der Waals surface area contributed by atoms with Crippen LogP contribution in [-0.2, 0) is 20.7 Å². The number of nitrogens with zero attached hydrogens (tertiary/aromatic N) is 2. The molecule has 0 N–H and O–H groups in total. The zero-order chi connectivity index (χ0) is 22.8. The van der Waals surface area contributed by atoms with E-state index in [0.29, 0.717) is 31.2 Å². The average molecular weight is 522 g/mol. The topological polar surface area (TPSA) is 43.7 Å². The first kappa shape index (κ1) is 26.2. The number of aromatic nitrogens is 1. The third-order valence-corrected chi connectivity index (χ3v) is 7.19. The number of esters is 1. The standard InChI is InChI=1S/C27H40N2O3.BrH/c1-6-11-28-15-21(27(30)32-17-19(5)31-12-7-2)13-23-22-9-8-10-24-26(22)20(14-25(23)28)16-29(24)18(3)4;/h8-10,16,18-19,21,23,25H,6-7,11-15,17H2,1-5H3;1H/t19?,21-,23-,25-;/m1./s1. The number of fused-ring (bicyclic) bond motifs is 2. The molecule has 184 valence electrons. The van der Waals surface area contributed by atoms with Crippen LogP contribution in [0.15, 0.2) is 24.4 Å². The summed E-state index contributed by atoms with van der Waals surface area (Å²) in [6.07, 6.45) is 6.33. The summed E-state index contributed by atoms with van der Waals surface area (Å²) in [5, 5.41) is 1.43. The molecule has 2 heterocycles. The van der Waals surface area contributed by atoms with Crippen LogP contribution in [0, 0.1) is 5.92 Å². The van der Waals surface area contributed by atoms with E-state index in [1.54, 1.807) is 0 Å². The van der Waals surface area contributed by atoms with Crippen LogP contribution in [-0.4, -0.2) is 53.9 Å². The molecule has 4 rings (SSSR count). The SMILES string of the molecule is Br.CCCOC(C)COC(=O)[C@@H]1C[C@@H]2c3cccc4c3c(cn4C(C)C)C[C@H]2N(CCC)C1. The van der Waals surface area contributed by atoms with E-state index >= 15 is 0 Å². The predicted octanol–water partition coefficient (Wildman–Crippen LogP) is 5.90. The van der Waals surface area contributed by atoms with E-state index in [1.807, 2.05) is 6.92 Å². The molecule has 1 aromatic carbocycles. The Morgan fingerprint density at radius 1 is 1.18 bits per heavy atom. The quantitative estimate of drug-likeness (QED) is 0.386. The lowest BCUT2D eigenvalue weighted by molar-refractivity contribution is -0.155. The summed E-state index contributed by atoms with van der Waals surface area (Å²) in [6, 6.07) is 7.64.